The number of nitrogens with one attached hydrogen (secondary N) is 1. The zero-order valence-electron chi connectivity index (χ0n) is 14.7. The summed E-state index contributed by atoms with van der Waals surface area (Å²) in [6.07, 6.45) is 2.01. The van der Waals surface area contributed by atoms with Crippen molar-refractivity contribution in [2.45, 2.75) is 20.3 Å². The van der Waals surface area contributed by atoms with Crippen LogP contribution in [-0.4, -0.2) is 24.5 Å². The minimum Gasteiger partial charge on any atom is -0.545 e. The van der Waals surface area contributed by atoms with Gasteiger partial charge in [0.15, 0.2) is 0 Å². The Morgan fingerprint density at radius 3 is 2.48 bits per heavy atom. The lowest BCUT2D eigenvalue weighted by Gasteiger charge is -2.09. The molecule has 0 atom stereocenters. The van der Waals surface area contributed by atoms with E-state index < -0.39 is 23.7 Å². The molecule has 0 saturated carbocycles. The highest BCUT2D eigenvalue weighted by atomic mass is 32.1. The second-order valence-corrected chi connectivity index (χ2v) is 6.75. The first-order valence-electron chi connectivity index (χ1n) is 8.10. The number of esters is 1. The normalized spacial score (nSPS) is 10.8. The van der Waals surface area contributed by atoms with Crippen LogP contribution in [0, 0.1) is 12.7 Å². The Morgan fingerprint density at radius 1 is 1.22 bits per heavy atom. The first-order chi connectivity index (χ1) is 12.8. The van der Waals surface area contributed by atoms with Crippen LogP contribution in [0.25, 0.3) is 11.1 Å². The van der Waals surface area contributed by atoms with Crippen LogP contribution in [0.15, 0.2) is 36.4 Å². The molecule has 0 spiro atoms. The molecule has 0 unspecified atom stereocenters. The lowest BCUT2D eigenvalue weighted by Crippen LogP contribution is -2.20. The van der Waals surface area contributed by atoms with Gasteiger partial charge in [-0.15, -0.1) is 11.3 Å². The number of aliphatic carboxylic acids is 1. The van der Waals surface area contributed by atoms with Crippen molar-refractivity contribution in [3.63, 3.8) is 0 Å². The predicted molar refractivity (Wildman–Crippen MR) is 97.8 cm³/mol. The Labute approximate surface area is 159 Å². The van der Waals surface area contributed by atoms with Gasteiger partial charge in [0, 0.05) is 16.5 Å². The Bertz CT molecular complexity index is 886. The molecule has 1 amide bonds. The molecule has 0 aliphatic heterocycles. The van der Waals surface area contributed by atoms with Crippen LogP contribution >= 0.6 is 11.3 Å². The van der Waals surface area contributed by atoms with Crippen LogP contribution in [0.1, 0.15) is 28.6 Å². The number of benzene rings is 1. The second-order valence-electron chi connectivity index (χ2n) is 5.52. The topological polar surface area (TPSA) is 95.5 Å². The zero-order valence-corrected chi connectivity index (χ0v) is 15.5. The number of halogens is 1. The number of amides is 1. The van der Waals surface area contributed by atoms with Crippen LogP contribution in [0.3, 0.4) is 0 Å². The fourth-order valence-corrected chi connectivity index (χ4v) is 3.42. The van der Waals surface area contributed by atoms with E-state index in [0.29, 0.717) is 28.5 Å². The maximum absolute atomic E-state index is 13.2. The largest absolute Gasteiger partial charge is 0.545 e. The van der Waals surface area contributed by atoms with Crippen LogP contribution in [0.4, 0.5) is 9.39 Å². The highest BCUT2D eigenvalue weighted by molar-refractivity contribution is 7.17. The molecule has 1 aromatic heterocycles. The lowest BCUT2D eigenvalue weighted by molar-refractivity contribution is -0.297. The molecule has 0 saturated heterocycles. The van der Waals surface area contributed by atoms with Gasteiger partial charge in [0.05, 0.1) is 12.6 Å². The summed E-state index contributed by atoms with van der Waals surface area (Å²) >= 11 is 1.14. The van der Waals surface area contributed by atoms with E-state index in [4.69, 9.17) is 4.74 Å². The van der Waals surface area contributed by atoms with Crippen LogP contribution < -0.4 is 10.4 Å². The molecule has 0 fully saturated rings. The summed E-state index contributed by atoms with van der Waals surface area (Å²) in [6.45, 7) is 3.81. The van der Waals surface area contributed by atoms with E-state index in [1.807, 2.05) is 6.92 Å². The van der Waals surface area contributed by atoms with Gasteiger partial charge >= 0.3 is 5.97 Å². The van der Waals surface area contributed by atoms with Gasteiger partial charge in [-0.3, -0.25) is 4.79 Å². The fraction of sp³-hybridized carbons (Fsp3) is 0.211. The van der Waals surface area contributed by atoms with E-state index in [9.17, 15) is 23.9 Å². The van der Waals surface area contributed by atoms with Crippen molar-refractivity contribution in [1.29, 1.82) is 0 Å². The average molecular weight is 390 g/mol. The quantitative estimate of drug-likeness (QED) is 0.579. The predicted octanol–water partition coefficient (Wildman–Crippen LogP) is 2.67. The van der Waals surface area contributed by atoms with E-state index >= 15 is 0 Å². The third kappa shape index (κ3) is 5.24. The first-order valence-corrected chi connectivity index (χ1v) is 8.91. The molecule has 27 heavy (non-hydrogen) atoms. The molecule has 0 aliphatic rings. The maximum Gasteiger partial charge on any atom is 0.341 e. The van der Waals surface area contributed by atoms with Gasteiger partial charge in [-0.25, -0.2) is 9.18 Å². The van der Waals surface area contributed by atoms with E-state index in [-0.39, 0.29) is 17.2 Å². The van der Waals surface area contributed by atoms with Crippen molar-refractivity contribution in [2.75, 3.05) is 11.9 Å². The van der Waals surface area contributed by atoms with Crippen LogP contribution in [0.2, 0.25) is 0 Å². The fourth-order valence-electron chi connectivity index (χ4n) is 2.36. The number of carbonyl (C=O) groups excluding carboxylic acids is 3. The van der Waals surface area contributed by atoms with Crippen molar-refractivity contribution in [3.8, 4) is 11.1 Å². The van der Waals surface area contributed by atoms with E-state index in [2.05, 4.69) is 5.32 Å². The third-order valence-corrected chi connectivity index (χ3v) is 4.49. The van der Waals surface area contributed by atoms with Crippen molar-refractivity contribution < 1.29 is 28.6 Å². The highest BCUT2D eigenvalue weighted by Gasteiger charge is 2.25. The van der Waals surface area contributed by atoms with Crippen molar-refractivity contribution >= 4 is 34.2 Å². The Morgan fingerprint density at radius 2 is 1.89 bits per heavy atom. The summed E-state index contributed by atoms with van der Waals surface area (Å²) in [6, 6.07) is 5.61. The molecule has 0 radical (unpaired) electrons. The number of thiophene rings is 1. The molecule has 2 rings (SSSR count). The molecule has 1 heterocycles. The smallest absolute Gasteiger partial charge is 0.341 e. The summed E-state index contributed by atoms with van der Waals surface area (Å²) in [5.74, 6) is -3.28. The van der Waals surface area contributed by atoms with Crippen molar-refractivity contribution in [2.24, 2.45) is 0 Å². The van der Waals surface area contributed by atoms with Crippen molar-refractivity contribution in [1.82, 2.24) is 0 Å². The van der Waals surface area contributed by atoms with Gasteiger partial charge in [-0.2, -0.15) is 0 Å². The van der Waals surface area contributed by atoms with Gasteiger partial charge < -0.3 is 20.0 Å². The number of rotatable bonds is 7. The molecule has 1 N–H and O–H groups in total. The number of carboxylic acid groups (broad SMARTS) is 1. The third-order valence-electron chi connectivity index (χ3n) is 3.47. The number of anilines is 1. The molecule has 0 aliphatic carbocycles. The molecule has 0 bridgehead atoms. The van der Waals surface area contributed by atoms with Gasteiger partial charge in [-0.05, 0) is 37.1 Å². The Balaban J connectivity index is 2.48. The number of carbonyl (C=O) groups is 3. The number of aryl methyl sites for hydroxylation is 1. The van der Waals surface area contributed by atoms with Gasteiger partial charge in [0.2, 0.25) is 5.91 Å². The summed E-state index contributed by atoms with van der Waals surface area (Å²) in [7, 11) is 0. The maximum atomic E-state index is 13.2. The average Bonchev–Trinajstić information content (AvgIpc) is 2.94. The van der Waals surface area contributed by atoms with Crippen LogP contribution in [0.5, 0.6) is 0 Å². The van der Waals surface area contributed by atoms with E-state index in [1.54, 1.807) is 6.92 Å². The number of hydrogen-bond acceptors (Lipinski definition) is 6. The lowest BCUT2D eigenvalue weighted by atomic mass is 10.0. The Hall–Kier alpha value is -3.00. The standard InChI is InChI=1S/C19H18FNO5S/c1-3-10-26-19(25)17-16(12-4-6-13(20)7-5-12)11(2)27-18(17)21-14(22)8-9-15(23)24/h4-9H,3,10H2,1-2H3,(H,21,22)(H,23,24)/p-1/b9-8+. The highest BCUT2D eigenvalue weighted by Crippen LogP contribution is 2.40. The minimum atomic E-state index is -1.51. The van der Waals surface area contributed by atoms with Gasteiger partial charge in [-0.1, -0.05) is 19.1 Å². The molecule has 142 valence electrons. The van der Waals surface area contributed by atoms with E-state index in [0.717, 1.165) is 17.4 Å². The summed E-state index contributed by atoms with van der Waals surface area (Å²) < 4.78 is 18.5. The number of ether oxygens (including phenoxy) is 1. The Kier molecular flexibility index (Phi) is 6.84. The van der Waals surface area contributed by atoms with Gasteiger partial charge in [0.1, 0.15) is 16.4 Å². The summed E-state index contributed by atoms with van der Waals surface area (Å²) in [5.41, 5.74) is 1.27. The summed E-state index contributed by atoms with van der Waals surface area (Å²) in [4.78, 5) is 35.7. The van der Waals surface area contributed by atoms with Gasteiger partial charge in [0.25, 0.3) is 0 Å². The minimum absolute atomic E-state index is 0.146. The molecular formula is C19H17FNO5S-. The second kappa shape index (κ2) is 9.09. The summed E-state index contributed by atoms with van der Waals surface area (Å²) in [5, 5.41) is 13.2. The SMILES string of the molecule is CCCOC(=O)c1c(NC(=O)/C=C/C(=O)[O-])sc(C)c1-c1ccc(F)cc1. The molecule has 2 aromatic rings. The molecule has 8 heteroatoms. The number of carboxylic acids is 1. The molecule has 6 nitrogen and oxygen atoms in total. The molecule has 1 aromatic carbocycles. The van der Waals surface area contributed by atoms with E-state index in [1.165, 1.54) is 24.3 Å². The number of hydrogen-bond donors (Lipinski definition) is 1. The monoisotopic (exact) mass is 390 g/mol. The molecular weight excluding hydrogens is 373 g/mol. The van der Waals surface area contributed by atoms with Crippen LogP contribution in [-0.2, 0) is 14.3 Å². The first kappa shape index (κ1) is 20.3. The van der Waals surface area contributed by atoms with Crippen molar-refractivity contribution in [3.05, 3.63) is 52.7 Å². The zero-order chi connectivity index (χ0) is 20.0.